The van der Waals surface area contributed by atoms with Gasteiger partial charge in [0.2, 0.25) is 0 Å². The van der Waals surface area contributed by atoms with E-state index < -0.39 is 12.6 Å². The monoisotopic (exact) mass is 308 g/mol. The van der Waals surface area contributed by atoms with Crippen LogP contribution in [0.25, 0.3) is 0 Å². The van der Waals surface area contributed by atoms with Crippen LogP contribution in [0.3, 0.4) is 0 Å². The van der Waals surface area contributed by atoms with Gasteiger partial charge < -0.3 is 10.2 Å². The topological polar surface area (TPSA) is 15.3 Å². The van der Waals surface area contributed by atoms with E-state index in [1.54, 1.807) is 0 Å². The van der Waals surface area contributed by atoms with Gasteiger partial charge in [0.05, 0.1) is 6.42 Å². The third-order valence-corrected chi connectivity index (χ3v) is 3.89. The van der Waals surface area contributed by atoms with E-state index >= 15 is 0 Å². The van der Waals surface area contributed by atoms with Crippen molar-refractivity contribution in [1.29, 1.82) is 0 Å². The van der Waals surface area contributed by atoms with Crippen LogP contribution in [-0.4, -0.2) is 43.8 Å². The Balaban J connectivity index is 0.00000144. The molecule has 0 aromatic carbocycles. The van der Waals surface area contributed by atoms with Crippen LogP contribution in [-0.2, 0) is 0 Å². The van der Waals surface area contributed by atoms with E-state index in [4.69, 9.17) is 0 Å². The summed E-state index contributed by atoms with van der Waals surface area (Å²) in [5.74, 6) is 0. The van der Waals surface area contributed by atoms with Crippen molar-refractivity contribution in [2.45, 2.75) is 31.9 Å². The summed E-state index contributed by atoms with van der Waals surface area (Å²) in [4.78, 5) is 1.98. The molecule has 0 atom stereocenters. The second-order valence-corrected chi connectivity index (χ2v) is 5.14. The predicted octanol–water partition coefficient (Wildman–Crippen LogP) is 2.86. The second-order valence-electron chi connectivity index (χ2n) is 5.14. The van der Waals surface area contributed by atoms with Gasteiger partial charge in [0.1, 0.15) is 0 Å². The highest BCUT2D eigenvalue weighted by atomic mass is 35.5. The molecule has 1 N–H and O–H groups in total. The summed E-state index contributed by atoms with van der Waals surface area (Å²) in [5, 5.41) is 3.31. The van der Waals surface area contributed by atoms with E-state index in [1.807, 2.05) is 4.90 Å². The van der Waals surface area contributed by atoms with Crippen molar-refractivity contribution in [3.63, 3.8) is 0 Å². The van der Waals surface area contributed by atoms with Crippen molar-refractivity contribution in [1.82, 2.24) is 10.2 Å². The molecule has 0 radical (unpaired) electrons. The van der Waals surface area contributed by atoms with Gasteiger partial charge in [-0.25, -0.2) is 0 Å². The van der Waals surface area contributed by atoms with Gasteiger partial charge >= 0.3 is 6.18 Å². The Morgan fingerprint density at radius 1 is 1.06 bits per heavy atom. The number of hydrogen-bond acceptors (Lipinski definition) is 2. The number of alkyl halides is 3. The minimum absolute atomic E-state index is 0. The zero-order valence-electron chi connectivity index (χ0n) is 10.3. The molecule has 0 bridgehead atoms. The predicted molar refractivity (Wildman–Crippen MR) is 70.8 cm³/mol. The number of likely N-dealkylation sites (tertiary alicyclic amines) is 1. The van der Waals surface area contributed by atoms with Crippen LogP contribution in [0.4, 0.5) is 13.2 Å². The molecular formula is C11H21Cl2F3N2. The van der Waals surface area contributed by atoms with E-state index in [0.717, 1.165) is 45.4 Å². The Kier molecular flexibility index (Phi) is 7.29. The van der Waals surface area contributed by atoms with Crippen molar-refractivity contribution >= 4 is 24.8 Å². The maximum absolute atomic E-state index is 12.1. The first kappa shape index (κ1) is 18.3. The molecule has 2 rings (SSSR count). The molecule has 0 amide bonds. The molecule has 2 heterocycles. The average molecular weight is 309 g/mol. The average Bonchev–Trinajstić information content (AvgIpc) is 2.59. The van der Waals surface area contributed by atoms with E-state index in [-0.39, 0.29) is 31.4 Å². The first-order valence-electron chi connectivity index (χ1n) is 5.99. The molecule has 18 heavy (non-hydrogen) atoms. The van der Waals surface area contributed by atoms with E-state index in [9.17, 15) is 13.2 Å². The van der Waals surface area contributed by atoms with Crippen LogP contribution < -0.4 is 5.32 Å². The maximum atomic E-state index is 12.1. The minimum Gasteiger partial charge on any atom is -0.317 e. The molecule has 0 aromatic heterocycles. The van der Waals surface area contributed by atoms with Crippen molar-refractivity contribution in [2.24, 2.45) is 5.41 Å². The molecule has 0 saturated carbocycles. The summed E-state index contributed by atoms with van der Waals surface area (Å²) in [5.41, 5.74) is 0.316. The Morgan fingerprint density at radius 3 is 2.22 bits per heavy atom. The summed E-state index contributed by atoms with van der Waals surface area (Å²) < 4.78 is 36.3. The summed E-state index contributed by atoms with van der Waals surface area (Å²) in [6, 6.07) is 0. The normalized spacial score (nSPS) is 23.5. The van der Waals surface area contributed by atoms with Gasteiger partial charge in [-0.1, -0.05) is 0 Å². The molecule has 2 aliphatic rings. The van der Waals surface area contributed by atoms with Crippen LogP contribution in [0.15, 0.2) is 0 Å². The molecule has 110 valence electrons. The number of nitrogens with one attached hydrogen (secondary N) is 1. The molecule has 2 aliphatic heterocycles. The number of nitrogens with zero attached hydrogens (tertiary/aromatic N) is 1. The fourth-order valence-electron chi connectivity index (χ4n) is 2.87. The lowest BCUT2D eigenvalue weighted by atomic mass is 9.78. The fourth-order valence-corrected chi connectivity index (χ4v) is 2.87. The molecule has 1 spiro atoms. The van der Waals surface area contributed by atoms with Gasteiger partial charge in [0, 0.05) is 13.1 Å². The highest BCUT2D eigenvalue weighted by Crippen LogP contribution is 2.38. The van der Waals surface area contributed by atoms with Crippen molar-refractivity contribution in [3.8, 4) is 0 Å². The first-order valence-corrected chi connectivity index (χ1v) is 5.99. The van der Waals surface area contributed by atoms with E-state index in [1.165, 1.54) is 0 Å². The van der Waals surface area contributed by atoms with E-state index in [0.29, 0.717) is 5.41 Å². The van der Waals surface area contributed by atoms with Gasteiger partial charge in [0.25, 0.3) is 0 Å². The van der Waals surface area contributed by atoms with Crippen molar-refractivity contribution in [2.75, 3.05) is 32.7 Å². The Morgan fingerprint density at radius 2 is 1.67 bits per heavy atom. The Hall–Kier alpha value is 0.290. The number of piperidine rings is 1. The van der Waals surface area contributed by atoms with Crippen LogP contribution in [0.2, 0.25) is 0 Å². The summed E-state index contributed by atoms with van der Waals surface area (Å²) in [6.07, 6.45) is -1.36. The lowest BCUT2D eigenvalue weighted by Crippen LogP contribution is -2.39. The molecule has 0 unspecified atom stereocenters. The third-order valence-electron chi connectivity index (χ3n) is 3.89. The fraction of sp³-hybridized carbons (Fsp3) is 1.00. The highest BCUT2D eigenvalue weighted by molar-refractivity contribution is 5.85. The standard InChI is InChI=1S/C11H19F3N2.2ClH/c12-11(13,14)4-8-16-7-3-10(9-16)1-5-15-6-2-10;;/h15H,1-9H2;2*1H. The zero-order chi connectivity index (χ0) is 11.6. The maximum Gasteiger partial charge on any atom is 0.390 e. The third kappa shape index (κ3) is 5.11. The number of hydrogen-bond donors (Lipinski definition) is 1. The molecular weight excluding hydrogens is 288 g/mol. The van der Waals surface area contributed by atoms with Crippen LogP contribution >= 0.6 is 24.8 Å². The minimum atomic E-state index is -4.01. The molecule has 2 fully saturated rings. The lowest BCUT2D eigenvalue weighted by Gasteiger charge is -2.34. The molecule has 0 aliphatic carbocycles. The number of rotatable bonds is 2. The number of halogens is 5. The second kappa shape index (κ2) is 7.17. The van der Waals surface area contributed by atoms with Gasteiger partial charge in [-0.2, -0.15) is 13.2 Å². The quantitative estimate of drug-likeness (QED) is 0.844. The largest absolute Gasteiger partial charge is 0.390 e. The molecule has 7 heteroatoms. The van der Waals surface area contributed by atoms with Crippen LogP contribution in [0, 0.1) is 5.41 Å². The SMILES string of the molecule is Cl.Cl.FC(F)(F)CCN1CCC2(CCNCC2)C1. The Bertz CT molecular complexity index is 243. The molecule has 2 nitrogen and oxygen atoms in total. The van der Waals surface area contributed by atoms with Crippen molar-refractivity contribution in [3.05, 3.63) is 0 Å². The summed E-state index contributed by atoms with van der Waals surface area (Å²) in [6.45, 7) is 3.93. The van der Waals surface area contributed by atoms with Gasteiger partial charge in [-0.3, -0.25) is 0 Å². The van der Waals surface area contributed by atoms with Crippen molar-refractivity contribution < 1.29 is 13.2 Å². The highest BCUT2D eigenvalue weighted by Gasteiger charge is 2.39. The lowest BCUT2D eigenvalue weighted by molar-refractivity contribution is -0.137. The van der Waals surface area contributed by atoms with Gasteiger partial charge in [0.15, 0.2) is 0 Å². The first-order chi connectivity index (χ1) is 7.49. The summed E-state index contributed by atoms with van der Waals surface area (Å²) in [7, 11) is 0. The van der Waals surface area contributed by atoms with Gasteiger partial charge in [-0.15, -0.1) is 24.8 Å². The van der Waals surface area contributed by atoms with E-state index in [2.05, 4.69) is 5.32 Å². The van der Waals surface area contributed by atoms with Gasteiger partial charge in [-0.05, 0) is 44.3 Å². The zero-order valence-corrected chi connectivity index (χ0v) is 11.9. The Labute approximate surface area is 118 Å². The summed E-state index contributed by atoms with van der Waals surface area (Å²) >= 11 is 0. The van der Waals surface area contributed by atoms with Crippen LogP contribution in [0.5, 0.6) is 0 Å². The smallest absolute Gasteiger partial charge is 0.317 e. The molecule has 0 aromatic rings. The van der Waals surface area contributed by atoms with Crippen LogP contribution in [0.1, 0.15) is 25.7 Å². The molecule has 2 saturated heterocycles.